The van der Waals surface area contributed by atoms with E-state index in [0.29, 0.717) is 12.4 Å². The molecule has 0 amide bonds. The number of alkyl halides is 3. The summed E-state index contributed by atoms with van der Waals surface area (Å²) in [5.41, 5.74) is -0.508. The first-order valence-electron chi connectivity index (χ1n) is 6.17. The Morgan fingerprint density at radius 1 is 1.14 bits per heavy atom. The molecule has 0 aliphatic heterocycles. The lowest BCUT2D eigenvalue weighted by molar-refractivity contribution is -0.137. The Balaban J connectivity index is 1.85. The third-order valence-corrected chi connectivity index (χ3v) is 2.72. The van der Waals surface area contributed by atoms with E-state index in [1.165, 1.54) is 6.07 Å². The first-order valence-corrected chi connectivity index (χ1v) is 6.17. The molecule has 0 saturated carbocycles. The summed E-state index contributed by atoms with van der Waals surface area (Å²) in [4.78, 5) is 3.92. The molecule has 22 heavy (non-hydrogen) atoms. The van der Waals surface area contributed by atoms with Crippen LogP contribution in [0.2, 0.25) is 0 Å². The number of fused-ring (bicyclic) bond motifs is 1. The fraction of sp³-hybridized carbons (Fsp3) is 0.250. The van der Waals surface area contributed by atoms with Crippen LogP contribution in [0.15, 0.2) is 27.0 Å². The predicted molar refractivity (Wildman–Crippen MR) is 69.4 cm³/mol. The number of nitrogens with one attached hydrogen (secondary N) is 2. The van der Waals surface area contributed by atoms with Crippen LogP contribution >= 0.6 is 0 Å². The minimum absolute atomic E-state index is 0.0333. The molecule has 0 bridgehead atoms. The summed E-state index contributed by atoms with van der Waals surface area (Å²) < 4.78 is 48.4. The van der Waals surface area contributed by atoms with Crippen molar-refractivity contribution in [1.29, 1.82) is 0 Å². The average Bonchev–Trinajstić information content (AvgIpc) is 3.03. The van der Waals surface area contributed by atoms with E-state index >= 15 is 0 Å². The first-order chi connectivity index (χ1) is 10.5. The Bertz CT molecular complexity index is 796. The molecule has 1 aromatic carbocycles. The van der Waals surface area contributed by atoms with E-state index in [2.05, 4.69) is 25.8 Å². The van der Waals surface area contributed by atoms with Crippen LogP contribution < -0.4 is 10.6 Å². The lowest BCUT2D eigenvalue weighted by Gasteiger charge is -2.04. The van der Waals surface area contributed by atoms with Crippen LogP contribution in [0.1, 0.15) is 11.5 Å². The van der Waals surface area contributed by atoms with Crippen molar-refractivity contribution < 1.29 is 22.0 Å². The van der Waals surface area contributed by atoms with Crippen molar-refractivity contribution in [3.05, 3.63) is 29.7 Å². The average molecular weight is 313 g/mol. The van der Waals surface area contributed by atoms with E-state index in [0.717, 1.165) is 12.1 Å². The molecule has 0 aliphatic rings. The molecule has 0 unspecified atom stereocenters. The van der Waals surface area contributed by atoms with Gasteiger partial charge in [0, 0.05) is 0 Å². The van der Waals surface area contributed by atoms with E-state index in [1.54, 1.807) is 7.05 Å². The second kappa shape index (κ2) is 5.30. The number of hydrogen-bond acceptors (Lipinski definition) is 7. The van der Waals surface area contributed by atoms with Crippen LogP contribution in [0.5, 0.6) is 0 Å². The quantitative estimate of drug-likeness (QED) is 0.765. The Labute approximate surface area is 121 Å². The number of benzene rings is 1. The van der Waals surface area contributed by atoms with Crippen LogP contribution in [0.25, 0.3) is 11.1 Å². The highest BCUT2D eigenvalue weighted by Gasteiger charge is 2.31. The standard InChI is InChI=1S/C12H10F3N5O2/c1-16-5-9-19-20-11(22-9)18-10-17-7-4-6(12(13,14)15)2-3-8(7)21-10/h2-4,16H,5H2,1H3,(H,17,18,20). The number of nitrogens with zero attached hydrogens (tertiary/aromatic N) is 3. The van der Waals surface area contributed by atoms with Crippen molar-refractivity contribution in [3.63, 3.8) is 0 Å². The molecular weight excluding hydrogens is 303 g/mol. The number of hydrogen-bond donors (Lipinski definition) is 2. The number of rotatable bonds is 4. The summed E-state index contributed by atoms with van der Waals surface area (Å²) in [5.74, 6) is 0.348. The summed E-state index contributed by atoms with van der Waals surface area (Å²) in [5, 5.41) is 12.9. The summed E-state index contributed by atoms with van der Waals surface area (Å²) in [6, 6.07) is 3.04. The van der Waals surface area contributed by atoms with Gasteiger partial charge in [-0.1, -0.05) is 5.10 Å². The molecule has 2 N–H and O–H groups in total. The fourth-order valence-electron chi connectivity index (χ4n) is 1.78. The topological polar surface area (TPSA) is 89.0 Å². The maximum atomic E-state index is 12.6. The molecule has 3 rings (SSSR count). The molecule has 10 heteroatoms. The van der Waals surface area contributed by atoms with Crippen LogP contribution in [0.4, 0.5) is 25.2 Å². The second-order valence-corrected chi connectivity index (χ2v) is 4.36. The summed E-state index contributed by atoms with van der Waals surface area (Å²) in [6.07, 6.45) is -4.44. The van der Waals surface area contributed by atoms with Crippen LogP contribution in [-0.2, 0) is 12.7 Å². The lowest BCUT2D eigenvalue weighted by atomic mass is 10.2. The van der Waals surface area contributed by atoms with Gasteiger partial charge in [0.1, 0.15) is 5.52 Å². The van der Waals surface area contributed by atoms with E-state index in [9.17, 15) is 13.2 Å². The third-order valence-electron chi connectivity index (χ3n) is 2.72. The predicted octanol–water partition coefficient (Wildman–Crippen LogP) is 2.69. The molecule has 2 heterocycles. The van der Waals surface area contributed by atoms with Gasteiger partial charge in [-0.2, -0.15) is 18.2 Å². The molecule has 2 aromatic heterocycles. The number of anilines is 2. The smallest absolute Gasteiger partial charge is 0.416 e. The number of halogens is 3. The Morgan fingerprint density at radius 2 is 1.95 bits per heavy atom. The molecule has 0 saturated heterocycles. The molecule has 0 atom stereocenters. The Hall–Kier alpha value is -2.62. The highest BCUT2D eigenvalue weighted by atomic mass is 19.4. The minimum Gasteiger partial charge on any atom is -0.423 e. The normalized spacial score (nSPS) is 12.0. The van der Waals surface area contributed by atoms with Crippen LogP contribution in [0, 0.1) is 0 Å². The van der Waals surface area contributed by atoms with Crippen molar-refractivity contribution in [3.8, 4) is 0 Å². The van der Waals surface area contributed by atoms with Crippen LogP contribution in [0.3, 0.4) is 0 Å². The van der Waals surface area contributed by atoms with Crippen molar-refractivity contribution >= 4 is 23.1 Å². The summed E-state index contributed by atoms with van der Waals surface area (Å²) in [7, 11) is 1.72. The van der Waals surface area contributed by atoms with Gasteiger partial charge in [0.15, 0.2) is 5.58 Å². The van der Waals surface area contributed by atoms with Crippen molar-refractivity contribution in [2.75, 3.05) is 12.4 Å². The second-order valence-electron chi connectivity index (χ2n) is 4.36. The van der Waals surface area contributed by atoms with Crippen molar-refractivity contribution in [2.45, 2.75) is 12.7 Å². The van der Waals surface area contributed by atoms with Gasteiger partial charge < -0.3 is 14.2 Å². The van der Waals surface area contributed by atoms with E-state index in [-0.39, 0.29) is 23.1 Å². The molecule has 116 valence electrons. The largest absolute Gasteiger partial charge is 0.423 e. The lowest BCUT2D eigenvalue weighted by Crippen LogP contribution is -2.04. The van der Waals surface area contributed by atoms with Crippen molar-refractivity contribution in [2.24, 2.45) is 0 Å². The van der Waals surface area contributed by atoms with Gasteiger partial charge in [0.25, 0.3) is 0 Å². The monoisotopic (exact) mass is 313 g/mol. The maximum absolute atomic E-state index is 12.6. The zero-order valence-electron chi connectivity index (χ0n) is 11.2. The van der Waals surface area contributed by atoms with Gasteiger partial charge in [-0.15, -0.1) is 5.10 Å². The molecule has 0 radical (unpaired) electrons. The van der Waals surface area contributed by atoms with Gasteiger partial charge in [-0.3, -0.25) is 5.32 Å². The number of aromatic nitrogens is 3. The summed E-state index contributed by atoms with van der Waals surface area (Å²) >= 11 is 0. The van der Waals surface area contributed by atoms with Crippen molar-refractivity contribution in [1.82, 2.24) is 20.5 Å². The van der Waals surface area contributed by atoms with Gasteiger partial charge in [0.2, 0.25) is 5.89 Å². The van der Waals surface area contributed by atoms with Gasteiger partial charge in [-0.25, -0.2) is 0 Å². The highest BCUT2D eigenvalue weighted by Crippen LogP contribution is 2.32. The Kier molecular flexibility index (Phi) is 3.45. The van der Waals surface area contributed by atoms with Crippen LogP contribution in [-0.4, -0.2) is 22.2 Å². The molecular formula is C12H10F3N5O2. The van der Waals surface area contributed by atoms with E-state index < -0.39 is 11.7 Å². The Morgan fingerprint density at radius 3 is 2.68 bits per heavy atom. The minimum atomic E-state index is -4.44. The highest BCUT2D eigenvalue weighted by molar-refractivity contribution is 5.75. The number of oxazole rings is 1. The van der Waals surface area contributed by atoms with E-state index in [1.807, 2.05) is 0 Å². The maximum Gasteiger partial charge on any atom is 0.416 e. The third kappa shape index (κ3) is 2.86. The first kappa shape index (κ1) is 14.3. The fourth-order valence-corrected chi connectivity index (χ4v) is 1.78. The molecule has 0 spiro atoms. The molecule has 0 fully saturated rings. The zero-order valence-corrected chi connectivity index (χ0v) is 11.2. The molecule has 3 aromatic rings. The van der Waals surface area contributed by atoms with Gasteiger partial charge >= 0.3 is 18.2 Å². The van der Waals surface area contributed by atoms with Gasteiger partial charge in [0.05, 0.1) is 12.1 Å². The molecule has 0 aliphatic carbocycles. The zero-order chi connectivity index (χ0) is 15.7. The van der Waals surface area contributed by atoms with E-state index in [4.69, 9.17) is 8.83 Å². The SMILES string of the molecule is CNCc1nnc(Nc2nc3cc(C(F)(F)F)ccc3o2)o1. The molecule has 7 nitrogen and oxygen atoms in total. The summed E-state index contributed by atoms with van der Waals surface area (Å²) in [6.45, 7) is 0.386. The van der Waals surface area contributed by atoms with Gasteiger partial charge in [-0.05, 0) is 25.2 Å².